The average Bonchev–Trinajstić information content (AvgIpc) is 2.40. The van der Waals surface area contributed by atoms with Crippen LogP contribution < -0.4 is 0 Å². The van der Waals surface area contributed by atoms with Crippen molar-refractivity contribution in [3.63, 3.8) is 0 Å². The van der Waals surface area contributed by atoms with Crippen LogP contribution in [0.25, 0.3) is 0 Å². The number of aliphatic carboxylic acids is 1. The molecule has 0 fully saturated rings. The van der Waals surface area contributed by atoms with E-state index in [-0.39, 0.29) is 12.3 Å². The van der Waals surface area contributed by atoms with Crippen molar-refractivity contribution >= 4 is 5.97 Å². The van der Waals surface area contributed by atoms with E-state index in [9.17, 15) is 14.3 Å². The molecular weight excluding hydrogens is 211 g/mol. The topological polar surface area (TPSA) is 57.5 Å². The first kappa shape index (κ1) is 11.1. The van der Waals surface area contributed by atoms with Crippen LogP contribution >= 0.6 is 0 Å². The van der Waals surface area contributed by atoms with Crippen molar-refractivity contribution in [2.45, 2.75) is 25.4 Å². The van der Waals surface area contributed by atoms with Crippen molar-refractivity contribution in [2.24, 2.45) is 5.92 Å². The van der Waals surface area contributed by atoms with Crippen LogP contribution in [0.3, 0.4) is 0 Å². The Morgan fingerprint density at radius 2 is 2.31 bits per heavy atom. The Morgan fingerprint density at radius 3 is 2.94 bits per heavy atom. The molecule has 0 spiro atoms. The maximum absolute atomic E-state index is 13.1. The number of fused-ring (bicyclic) bond motifs is 1. The van der Waals surface area contributed by atoms with Gasteiger partial charge in [0.15, 0.2) is 0 Å². The van der Waals surface area contributed by atoms with E-state index in [0.717, 1.165) is 5.56 Å². The highest BCUT2D eigenvalue weighted by atomic mass is 19.1. The van der Waals surface area contributed by atoms with Crippen LogP contribution in [-0.4, -0.2) is 16.2 Å². The first-order chi connectivity index (χ1) is 7.43. The van der Waals surface area contributed by atoms with Crippen LogP contribution in [-0.2, 0) is 16.8 Å². The van der Waals surface area contributed by atoms with E-state index in [0.29, 0.717) is 12.0 Å². The second-order valence-electron chi connectivity index (χ2n) is 4.40. The normalized spacial score (nSPS) is 27.8. The summed E-state index contributed by atoms with van der Waals surface area (Å²) in [6.45, 7) is 1.78. The summed E-state index contributed by atoms with van der Waals surface area (Å²) in [7, 11) is 0. The Balaban J connectivity index is 2.48. The van der Waals surface area contributed by atoms with Crippen LogP contribution in [0.1, 0.15) is 24.5 Å². The fourth-order valence-electron chi connectivity index (χ4n) is 2.39. The Morgan fingerprint density at radius 1 is 1.62 bits per heavy atom. The van der Waals surface area contributed by atoms with E-state index in [1.54, 1.807) is 13.0 Å². The summed E-state index contributed by atoms with van der Waals surface area (Å²) >= 11 is 0. The molecule has 3 nitrogen and oxygen atoms in total. The van der Waals surface area contributed by atoms with Gasteiger partial charge in [-0.15, -0.1) is 0 Å². The average molecular weight is 224 g/mol. The molecule has 2 unspecified atom stereocenters. The second kappa shape index (κ2) is 3.56. The van der Waals surface area contributed by atoms with Gasteiger partial charge >= 0.3 is 5.97 Å². The molecule has 2 rings (SSSR count). The summed E-state index contributed by atoms with van der Waals surface area (Å²) in [5, 5.41) is 19.2. The van der Waals surface area contributed by atoms with Crippen molar-refractivity contribution in [1.82, 2.24) is 0 Å². The maximum atomic E-state index is 13.1. The molecule has 0 heterocycles. The van der Waals surface area contributed by atoms with Crippen molar-refractivity contribution in [1.29, 1.82) is 0 Å². The third-order valence-electron chi connectivity index (χ3n) is 3.30. The highest BCUT2D eigenvalue weighted by Gasteiger charge is 2.44. The Labute approximate surface area is 92.5 Å². The zero-order valence-corrected chi connectivity index (χ0v) is 8.90. The fraction of sp³-hybridized carbons (Fsp3) is 0.417. The molecule has 4 heteroatoms. The molecule has 0 aromatic heterocycles. The molecule has 1 aliphatic carbocycles. The molecule has 16 heavy (non-hydrogen) atoms. The molecule has 0 saturated carbocycles. The molecule has 0 amide bonds. The van der Waals surface area contributed by atoms with E-state index >= 15 is 0 Å². The number of carboxylic acids is 1. The molecule has 86 valence electrons. The van der Waals surface area contributed by atoms with Crippen molar-refractivity contribution in [3.05, 3.63) is 35.1 Å². The number of benzene rings is 1. The van der Waals surface area contributed by atoms with Crippen molar-refractivity contribution in [2.75, 3.05) is 0 Å². The molecular formula is C12H13FO3. The zero-order chi connectivity index (χ0) is 11.9. The minimum absolute atomic E-state index is 0.208. The predicted molar refractivity (Wildman–Crippen MR) is 55.4 cm³/mol. The minimum Gasteiger partial charge on any atom is -0.481 e. The van der Waals surface area contributed by atoms with Crippen LogP contribution in [0.4, 0.5) is 4.39 Å². The summed E-state index contributed by atoms with van der Waals surface area (Å²) < 4.78 is 13.1. The van der Waals surface area contributed by atoms with Crippen LogP contribution in [0, 0.1) is 11.7 Å². The lowest BCUT2D eigenvalue weighted by Crippen LogP contribution is -2.32. The van der Waals surface area contributed by atoms with E-state index in [1.807, 2.05) is 0 Å². The van der Waals surface area contributed by atoms with Crippen LogP contribution in [0.15, 0.2) is 18.2 Å². The SMILES string of the molecule is CC1Cc2ccc(F)cc2C1(O)CC(=O)O. The van der Waals surface area contributed by atoms with Crippen molar-refractivity contribution < 1.29 is 19.4 Å². The minimum atomic E-state index is -1.44. The van der Waals surface area contributed by atoms with Gasteiger partial charge in [0, 0.05) is 0 Å². The Kier molecular flexibility index (Phi) is 2.46. The molecule has 1 aliphatic rings. The Hall–Kier alpha value is -1.42. The molecule has 0 aliphatic heterocycles. The molecule has 2 atom stereocenters. The maximum Gasteiger partial charge on any atom is 0.306 e. The van der Waals surface area contributed by atoms with E-state index < -0.39 is 17.4 Å². The van der Waals surface area contributed by atoms with Gasteiger partial charge < -0.3 is 10.2 Å². The number of hydrogen-bond donors (Lipinski definition) is 2. The number of halogens is 1. The van der Waals surface area contributed by atoms with E-state index in [4.69, 9.17) is 5.11 Å². The first-order valence-corrected chi connectivity index (χ1v) is 5.16. The van der Waals surface area contributed by atoms with Gasteiger partial charge in [0.25, 0.3) is 0 Å². The molecule has 2 N–H and O–H groups in total. The van der Waals surface area contributed by atoms with E-state index in [1.165, 1.54) is 12.1 Å². The molecule has 1 aromatic carbocycles. The monoisotopic (exact) mass is 224 g/mol. The van der Waals surface area contributed by atoms with Crippen LogP contribution in [0.5, 0.6) is 0 Å². The third-order valence-corrected chi connectivity index (χ3v) is 3.30. The summed E-state index contributed by atoms with van der Waals surface area (Å²) in [6, 6.07) is 4.18. The number of hydrogen-bond acceptors (Lipinski definition) is 2. The largest absolute Gasteiger partial charge is 0.481 e. The summed E-state index contributed by atoms with van der Waals surface area (Å²) in [6.07, 6.45) is 0.198. The Bertz CT molecular complexity index is 444. The summed E-state index contributed by atoms with van der Waals surface area (Å²) in [5.41, 5.74) is -0.191. The molecule has 0 radical (unpaired) electrons. The summed E-state index contributed by atoms with van der Waals surface area (Å²) in [5.74, 6) is -1.73. The summed E-state index contributed by atoms with van der Waals surface area (Å²) in [4.78, 5) is 10.7. The number of rotatable bonds is 2. The van der Waals surface area contributed by atoms with Gasteiger partial charge in [-0.1, -0.05) is 13.0 Å². The molecule has 1 aromatic rings. The lowest BCUT2D eigenvalue weighted by molar-refractivity contribution is -0.144. The number of carboxylic acid groups (broad SMARTS) is 1. The number of carbonyl (C=O) groups is 1. The van der Waals surface area contributed by atoms with Gasteiger partial charge in [0.1, 0.15) is 11.4 Å². The van der Waals surface area contributed by atoms with Gasteiger partial charge in [0.05, 0.1) is 6.42 Å². The van der Waals surface area contributed by atoms with Gasteiger partial charge in [0.2, 0.25) is 0 Å². The van der Waals surface area contributed by atoms with Gasteiger partial charge in [-0.3, -0.25) is 4.79 Å². The van der Waals surface area contributed by atoms with Gasteiger partial charge in [-0.2, -0.15) is 0 Å². The zero-order valence-electron chi connectivity index (χ0n) is 8.90. The smallest absolute Gasteiger partial charge is 0.306 e. The molecule has 0 bridgehead atoms. The lowest BCUT2D eigenvalue weighted by atomic mass is 9.85. The lowest BCUT2D eigenvalue weighted by Gasteiger charge is -2.27. The van der Waals surface area contributed by atoms with Gasteiger partial charge in [-0.25, -0.2) is 4.39 Å². The second-order valence-corrected chi connectivity index (χ2v) is 4.40. The highest BCUT2D eigenvalue weighted by Crippen LogP contribution is 2.43. The van der Waals surface area contributed by atoms with Crippen molar-refractivity contribution in [3.8, 4) is 0 Å². The molecule has 0 saturated heterocycles. The third kappa shape index (κ3) is 1.59. The fourth-order valence-corrected chi connectivity index (χ4v) is 2.39. The first-order valence-electron chi connectivity index (χ1n) is 5.16. The predicted octanol–water partition coefficient (Wildman–Crippen LogP) is 1.68. The quantitative estimate of drug-likeness (QED) is 0.803. The highest BCUT2D eigenvalue weighted by molar-refractivity contribution is 5.69. The number of aliphatic hydroxyl groups is 1. The van der Waals surface area contributed by atoms with Gasteiger partial charge in [-0.05, 0) is 35.6 Å². The van der Waals surface area contributed by atoms with E-state index in [2.05, 4.69) is 0 Å². The van der Waals surface area contributed by atoms with Crippen LogP contribution in [0.2, 0.25) is 0 Å². The standard InChI is InChI=1S/C12H13FO3/c1-7-4-8-2-3-9(13)5-10(8)12(7,16)6-11(14)15/h2-3,5,7,16H,4,6H2,1H3,(H,14,15).